The molecule has 1 fully saturated rings. The highest BCUT2D eigenvalue weighted by atomic mass is 19.1. The van der Waals surface area contributed by atoms with Gasteiger partial charge < -0.3 is 15.0 Å². The Balaban J connectivity index is 1.98. The van der Waals surface area contributed by atoms with Gasteiger partial charge in [-0.1, -0.05) is 19.9 Å². The van der Waals surface area contributed by atoms with Crippen LogP contribution in [0.1, 0.15) is 31.4 Å². The van der Waals surface area contributed by atoms with E-state index in [1.807, 2.05) is 6.07 Å². The highest BCUT2D eigenvalue weighted by molar-refractivity contribution is 5.80. The van der Waals surface area contributed by atoms with Crippen molar-refractivity contribution in [1.29, 1.82) is 0 Å². The molecule has 122 valence electrons. The van der Waals surface area contributed by atoms with E-state index >= 15 is 0 Å². The zero-order valence-corrected chi connectivity index (χ0v) is 13.9. The zero-order chi connectivity index (χ0) is 16.2. The van der Waals surface area contributed by atoms with Crippen LogP contribution in [0.15, 0.2) is 23.2 Å². The van der Waals surface area contributed by atoms with Crippen LogP contribution in [-0.2, 0) is 17.9 Å². The first-order chi connectivity index (χ1) is 10.4. The topological polar surface area (TPSA) is 36.9 Å². The van der Waals surface area contributed by atoms with E-state index in [4.69, 9.17) is 4.74 Å². The highest BCUT2D eigenvalue weighted by Crippen LogP contribution is 2.28. The number of benzene rings is 1. The van der Waals surface area contributed by atoms with Gasteiger partial charge in [-0.3, -0.25) is 4.99 Å². The van der Waals surface area contributed by atoms with E-state index in [2.05, 4.69) is 29.1 Å². The Bertz CT molecular complexity index is 543. The van der Waals surface area contributed by atoms with Crippen molar-refractivity contribution in [2.75, 3.05) is 27.2 Å². The summed E-state index contributed by atoms with van der Waals surface area (Å²) in [7, 11) is 3.37. The molecule has 1 N–H and O–H groups in total. The Labute approximate surface area is 132 Å². The average Bonchev–Trinajstić information content (AvgIpc) is 2.83. The molecular formula is C17H26FN3O. The minimum Gasteiger partial charge on any atom is -0.380 e. The van der Waals surface area contributed by atoms with Gasteiger partial charge in [-0.15, -0.1) is 0 Å². The first kappa shape index (κ1) is 16.7. The monoisotopic (exact) mass is 307 g/mol. The SMILES string of the molecule is CN=C(NCc1ccc(F)c(COC)c1)N1CCC(C)(C)C1. The van der Waals surface area contributed by atoms with Crippen LogP contribution in [0.3, 0.4) is 0 Å². The number of guanidine groups is 1. The van der Waals surface area contributed by atoms with Crippen LogP contribution in [0.5, 0.6) is 0 Å². The summed E-state index contributed by atoms with van der Waals surface area (Å²) in [6, 6.07) is 5.13. The summed E-state index contributed by atoms with van der Waals surface area (Å²) in [6.45, 7) is 7.49. The Kier molecular flexibility index (Phi) is 5.40. The second-order valence-corrected chi connectivity index (χ2v) is 6.60. The molecule has 4 nitrogen and oxygen atoms in total. The molecule has 0 atom stereocenters. The van der Waals surface area contributed by atoms with Gasteiger partial charge in [0.05, 0.1) is 6.61 Å². The Morgan fingerprint density at radius 2 is 2.23 bits per heavy atom. The fourth-order valence-corrected chi connectivity index (χ4v) is 2.81. The molecule has 0 saturated carbocycles. The van der Waals surface area contributed by atoms with Gasteiger partial charge in [0.25, 0.3) is 0 Å². The molecule has 0 amide bonds. The number of nitrogens with zero attached hydrogens (tertiary/aromatic N) is 2. The maximum absolute atomic E-state index is 13.6. The van der Waals surface area contributed by atoms with Crippen LogP contribution >= 0.6 is 0 Å². The van der Waals surface area contributed by atoms with Gasteiger partial charge >= 0.3 is 0 Å². The number of nitrogens with one attached hydrogen (secondary N) is 1. The smallest absolute Gasteiger partial charge is 0.193 e. The van der Waals surface area contributed by atoms with E-state index in [1.54, 1.807) is 20.2 Å². The minimum absolute atomic E-state index is 0.226. The third-order valence-corrected chi connectivity index (χ3v) is 4.05. The maximum Gasteiger partial charge on any atom is 0.193 e. The third kappa shape index (κ3) is 4.19. The van der Waals surface area contributed by atoms with Gasteiger partial charge in [0, 0.05) is 39.4 Å². The number of aliphatic imine (C=N–C) groups is 1. The molecule has 1 saturated heterocycles. The number of hydrogen-bond donors (Lipinski definition) is 1. The molecule has 1 aromatic carbocycles. The molecule has 0 spiro atoms. The maximum atomic E-state index is 13.6. The number of methoxy groups -OCH3 is 1. The predicted octanol–water partition coefficient (Wildman–Crippen LogP) is 2.78. The van der Waals surface area contributed by atoms with E-state index in [-0.39, 0.29) is 12.4 Å². The first-order valence-electron chi connectivity index (χ1n) is 7.67. The zero-order valence-electron chi connectivity index (χ0n) is 13.9. The van der Waals surface area contributed by atoms with Crippen LogP contribution < -0.4 is 5.32 Å². The molecule has 5 heteroatoms. The van der Waals surface area contributed by atoms with Gasteiger partial charge in [0.15, 0.2) is 5.96 Å². The Morgan fingerprint density at radius 3 is 2.82 bits per heavy atom. The second-order valence-electron chi connectivity index (χ2n) is 6.60. The van der Waals surface area contributed by atoms with E-state index in [0.29, 0.717) is 17.5 Å². The van der Waals surface area contributed by atoms with Crippen molar-refractivity contribution >= 4 is 5.96 Å². The molecule has 2 rings (SSSR count). The van der Waals surface area contributed by atoms with Crippen LogP contribution in [0.2, 0.25) is 0 Å². The summed E-state index contributed by atoms with van der Waals surface area (Å²) in [5.74, 6) is 0.680. The molecule has 1 heterocycles. The molecule has 0 radical (unpaired) electrons. The van der Waals surface area contributed by atoms with Crippen LogP contribution in [0, 0.1) is 11.2 Å². The summed E-state index contributed by atoms with van der Waals surface area (Å²) in [5.41, 5.74) is 1.94. The number of halogens is 1. The van der Waals surface area contributed by atoms with E-state index < -0.39 is 0 Å². The van der Waals surface area contributed by atoms with E-state index in [1.165, 1.54) is 12.5 Å². The minimum atomic E-state index is -0.226. The number of ether oxygens (including phenoxy) is 1. The lowest BCUT2D eigenvalue weighted by molar-refractivity contribution is 0.181. The van der Waals surface area contributed by atoms with Gasteiger partial charge in [0.1, 0.15) is 5.82 Å². The summed E-state index contributed by atoms with van der Waals surface area (Å²) in [4.78, 5) is 6.64. The van der Waals surface area contributed by atoms with Crippen molar-refractivity contribution in [3.8, 4) is 0 Å². The second kappa shape index (κ2) is 7.09. The highest BCUT2D eigenvalue weighted by Gasteiger charge is 2.30. The Morgan fingerprint density at radius 1 is 1.45 bits per heavy atom. The molecule has 1 aliphatic heterocycles. The first-order valence-corrected chi connectivity index (χ1v) is 7.67. The number of hydrogen-bond acceptors (Lipinski definition) is 2. The fourth-order valence-electron chi connectivity index (χ4n) is 2.81. The van der Waals surface area contributed by atoms with Crippen molar-refractivity contribution in [3.63, 3.8) is 0 Å². The molecule has 0 aromatic heterocycles. The third-order valence-electron chi connectivity index (χ3n) is 4.05. The lowest BCUT2D eigenvalue weighted by Gasteiger charge is -2.23. The molecule has 0 unspecified atom stereocenters. The predicted molar refractivity (Wildman–Crippen MR) is 87.3 cm³/mol. The van der Waals surface area contributed by atoms with Crippen molar-refractivity contribution in [2.45, 2.75) is 33.4 Å². The lowest BCUT2D eigenvalue weighted by atomic mass is 9.93. The average molecular weight is 307 g/mol. The van der Waals surface area contributed by atoms with Crippen molar-refractivity contribution in [1.82, 2.24) is 10.2 Å². The van der Waals surface area contributed by atoms with Gasteiger partial charge in [-0.2, -0.15) is 0 Å². The lowest BCUT2D eigenvalue weighted by Crippen LogP contribution is -2.40. The van der Waals surface area contributed by atoms with Crippen molar-refractivity contribution in [3.05, 3.63) is 35.1 Å². The van der Waals surface area contributed by atoms with E-state index in [0.717, 1.165) is 24.6 Å². The summed E-state index contributed by atoms with van der Waals surface area (Å²) >= 11 is 0. The van der Waals surface area contributed by atoms with Crippen LogP contribution in [0.25, 0.3) is 0 Å². The molecule has 1 aromatic rings. The van der Waals surface area contributed by atoms with Crippen molar-refractivity contribution in [2.24, 2.45) is 10.4 Å². The number of likely N-dealkylation sites (tertiary alicyclic amines) is 1. The molecular weight excluding hydrogens is 281 g/mol. The summed E-state index contributed by atoms with van der Waals surface area (Å²) in [5, 5.41) is 3.37. The normalized spacial score (nSPS) is 17.9. The van der Waals surface area contributed by atoms with Crippen molar-refractivity contribution < 1.29 is 9.13 Å². The Hall–Kier alpha value is -1.62. The van der Waals surface area contributed by atoms with E-state index in [9.17, 15) is 4.39 Å². The summed E-state index contributed by atoms with van der Waals surface area (Å²) in [6.07, 6.45) is 1.17. The van der Waals surface area contributed by atoms with Crippen LogP contribution in [0.4, 0.5) is 4.39 Å². The number of rotatable bonds is 4. The molecule has 22 heavy (non-hydrogen) atoms. The van der Waals surface area contributed by atoms with Gasteiger partial charge in [-0.25, -0.2) is 4.39 Å². The molecule has 1 aliphatic rings. The van der Waals surface area contributed by atoms with Crippen LogP contribution in [-0.4, -0.2) is 38.1 Å². The molecule has 0 aliphatic carbocycles. The standard InChI is InChI=1S/C17H26FN3O/c1-17(2)7-8-21(12-17)16(19-3)20-10-13-5-6-15(18)14(9-13)11-22-4/h5-6,9H,7-8,10-12H2,1-4H3,(H,19,20). The van der Waals surface area contributed by atoms with Gasteiger partial charge in [0.2, 0.25) is 0 Å². The fraction of sp³-hybridized carbons (Fsp3) is 0.588. The van der Waals surface area contributed by atoms with Gasteiger partial charge in [-0.05, 0) is 29.5 Å². The quantitative estimate of drug-likeness (QED) is 0.686. The largest absolute Gasteiger partial charge is 0.380 e. The summed E-state index contributed by atoms with van der Waals surface area (Å²) < 4.78 is 18.6. The molecule has 0 bridgehead atoms.